The van der Waals surface area contributed by atoms with Gasteiger partial charge in [-0.3, -0.25) is 9.59 Å². The Morgan fingerprint density at radius 3 is 2.24 bits per heavy atom. The second-order valence-corrected chi connectivity index (χ2v) is 6.61. The first kappa shape index (κ1) is 17.6. The van der Waals surface area contributed by atoms with Gasteiger partial charge in [-0.1, -0.05) is 44.2 Å². The zero-order valence-electron chi connectivity index (χ0n) is 13.1. The summed E-state index contributed by atoms with van der Waals surface area (Å²) in [4.78, 5) is 23.9. The molecule has 0 fully saturated rings. The average Bonchev–Trinajstić information content (AvgIpc) is 2.49. The SMILES string of the molecule is CNC(=O)[C@@H](NC(=O)[C@@H](C)SCc1ccccc1)C(C)C. The molecule has 2 amide bonds. The minimum Gasteiger partial charge on any atom is -0.357 e. The third kappa shape index (κ3) is 5.79. The summed E-state index contributed by atoms with van der Waals surface area (Å²) in [7, 11) is 1.58. The van der Waals surface area contributed by atoms with E-state index in [4.69, 9.17) is 0 Å². The van der Waals surface area contributed by atoms with Crippen LogP contribution in [0.2, 0.25) is 0 Å². The molecule has 2 atom stereocenters. The molecule has 4 nitrogen and oxygen atoms in total. The molecule has 0 aliphatic carbocycles. The second-order valence-electron chi connectivity index (χ2n) is 5.28. The lowest BCUT2D eigenvalue weighted by molar-refractivity contribution is -0.129. The van der Waals surface area contributed by atoms with Crippen molar-refractivity contribution in [2.45, 2.75) is 37.8 Å². The molecule has 0 radical (unpaired) electrons. The highest BCUT2D eigenvalue weighted by Crippen LogP contribution is 2.18. The number of likely N-dealkylation sites (N-methyl/N-ethyl adjacent to an activating group) is 1. The normalized spacial score (nSPS) is 13.6. The molecule has 0 saturated heterocycles. The Hall–Kier alpha value is -1.49. The molecule has 1 aromatic carbocycles. The van der Waals surface area contributed by atoms with E-state index in [0.29, 0.717) is 0 Å². The lowest BCUT2D eigenvalue weighted by Crippen LogP contribution is -2.50. The van der Waals surface area contributed by atoms with Gasteiger partial charge in [0.1, 0.15) is 6.04 Å². The van der Waals surface area contributed by atoms with Crippen molar-refractivity contribution in [2.24, 2.45) is 5.92 Å². The van der Waals surface area contributed by atoms with E-state index in [-0.39, 0.29) is 23.0 Å². The van der Waals surface area contributed by atoms with E-state index in [1.54, 1.807) is 18.8 Å². The van der Waals surface area contributed by atoms with Crippen LogP contribution in [0.25, 0.3) is 0 Å². The Kier molecular flexibility index (Phi) is 7.29. The van der Waals surface area contributed by atoms with Gasteiger partial charge in [-0.2, -0.15) is 0 Å². The molecule has 0 heterocycles. The molecule has 0 bridgehead atoms. The van der Waals surface area contributed by atoms with Crippen molar-refractivity contribution >= 4 is 23.6 Å². The molecular formula is C16H24N2O2S. The first-order chi connectivity index (χ1) is 9.95. The average molecular weight is 308 g/mol. The lowest BCUT2D eigenvalue weighted by atomic mass is 10.0. The highest BCUT2D eigenvalue weighted by Gasteiger charge is 2.25. The predicted molar refractivity (Wildman–Crippen MR) is 88.0 cm³/mol. The molecule has 0 unspecified atom stereocenters. The Morgan fingerprint density at radius 1 is 1.10 bits per heavy atom. The Labute approximate surface area is 131 Å². The van der Waals surface area contributed by atoms with Crippen LogP contribution < -0.4 is 10.6 Å². The van der Waals surface area contributed by atoms with Crippen molar-refractivity contribution in [3.05, 3.63) is 35.9 Å². The van der Waals surface area contributed by atoms with E-state index in [1.807, 2.05) is 51.1 Å². The zero-order valence-corrected chi connectivity index (χ0v) is 13.9. The monoisotopic (exact) mass is 308 g/mol. The van der Waals surface area contributed by atoms with E-state index in [1.165, 1.54) is 5.56 Å². The molecule has 0 spiro atoms. The number of rotatable bonds is 7. The van der Waals surface area contributed by atoms with E-state index in [9.17, 15) is 9.59 Å². The van der Waals surface area contributed by atoms with Crippen LogP contribution in [0.15, 0.2) is 30.3 Å². The summed E-state index contributed by atoms with van der Waals surface area (Å²) >= 11 is 1.57. The van der Waals surface area contributed by atoms with Gasteiger partial charge in [-0.15, -0.1) is 11.8 Å². The highest BCUT2D eigenvalue weighted by atomic mass is 32.2. The quantitative estimate of drug-likeness (QED) is 0.812. The van der Waals surface area contributed by atoms with Gasteiger partial charge in [0.05, 0.1) is 5.25 Å². The third-order valence-electron chi connectivity index (χ3n) is 3.21. The molecule has 21 heavy (non-hydrogen) atoms. The van der Waals surface area contributed by atoms with Gasteiger partial charge in [-0.05, 0) is 18.4 Å². The largest absolute Gasteiger partial charge is 0.357 e. The van der Waals surface area contributed by atoms with Crippen LogP contribution in [-0.2, 0) is 15.3 Å². The molecule has 5 heteroatoms. The van der Waals surface area contributed by atoms with Crippen molar-refractivity contribution in [3.63, 3.8) is 0 Å². The lowest BCUT2D eigenvalue weighted by Gasteiger charge is -2.22. The molecule has 0 aromatic heterocycles. The van der Waals surface area contributed by atoms with Gasteiger partial charge in [0.2, 0.25) is 11.8 Å². The van der Waals surface area contributed by atoms with E-state index >= 15 is 0 Å². The maximum atomic E-state index is 12.2. The number of benzene rings is 1. The maximum absolute atomic E-state index is 12.2. The van der Waals surface area contributed by atoms with Crippen molar-refractivity contribution in [1.82, 2.24) is 10.6 Å². The molecule has 1 rings (SSSR count). The number of carbonyl (C=O) groups is 2. The van der Waals surface area contributed by atoms with Gasteiger partial charge >= 0.3 is 0 Å². The summed E-state index contributed by atoms with van der Waals surface area (Å²) in [5.41, 5.74) is 1.19. The molecule has 116 valence electrons. The van der Waals surface area contributed by atoms with Crippen molar-refractivity contribution in [1.29, 1.82) is 0 Å². The van der Waals surface area contributed by atoms with Crippen LogP contribution in [0.1, 0.15) is 26.3 Å². The minimum atomic E-state index is -0.484. The van der Waals surface area contributed by atoms with Gasteiger partial charge in [-0.25, -0.2) is 0 Å². The summed E-state index contributed by atoms with van der Waals surface area (Å²) in [6, 6.07) is 9.54. The standard InChI is InChI=1S/C16H24N2O2S/c1-11(2)14(16(20)17-4)18-15(19)12(3)21-10-13-8-6-5-7-9-13/h5-9,11-12,14H,10H2,1-4H3,(H,17,20)(H,18,19)/t12-,14+/m1/s1. The first-order valence-electron chi connectivity index (χ1n) is 7.13. The molecule has 0 aliphatic heterocycles. The molecule has 0 saturated carbocycles. The number of thioether (sulfide) groups is 1. The van der Waals surface area contributed by atoms with E-state index in [2.05, 4.69) is 10.6 Å². The van der Waals surface area contributed by atoms with Crippen LogP contribution in [0, 0.1) is 5.92 Å². The van der Waals surface area contributed by atoms with Gasteiger partial charge in [0.15, 0.2) is 0 Å². The van der Waals surface area contributed by atoms with Crippen molar-refractivity contribution in [3.8, 4) is 0 Å². The van der Waals surface area contributed by atoms with E-state index in [0.717, 1.165) is 5.75 Å². The summed E-state index contributed by atoms with van der Waals surface area (Å²) in [6.07, 6.45) is 0. The van der Waals surface area contributed by atoms with Crippen LogP contribution >= 0.6 is 11.8 Å². The van der Waals surface area contributed by atoms with Crippen LogP contribution in [0.3, 0.4) is 0 Å². The van der Waals surface area contributed by atoms with Gasteiger partial charge in [0, 0.05) is 12.8 Å². The molecule has 0 aliphatic rings. The predicted octanol–water partition coefficient (Wildman–Crippen LogP) is 2.20. The van der Waals surface area contributed by atoms with E-state index < -0.39 is 6.04 Å². The van der Waals surface area contributed by atoms with Crippen molar-refractivity contribution in [2.75, 3.05) is 7.05 Å². The third-order valence-corrected chi connectivity index (χ3v) is 4.42. The van der Waals surface area contributed by atoms with Gasteiger partial charge in [0.25, 0.3) is 0 Å². The number of hydrogen-bond donors (Lipinski definition) is 2. The smallest absolute Gasteiger partial charge is 0.242 e. The Morgan fingerprint density at radius 2 is 1.71 bits per heavy atom. The van der Waals surface area contributed by atoms with Crippen LogP contribution in [0.5, 0.6) is 0 Å². The fourth-order valence-corrected chi connectivity index (χ4v) is 2.69. The Bertz CT molecular complexity index is 463. The zero-order chi connectivity index (χ0) is 15.8. The maximum Gasteiger partial charge on any atom is 0.242 e. The summed E-state index contributed by atoms with van der Waals surface area (Å²) in [6.45, 7) is 5.70. The summed E-state index contributed by atoms with van der Waals surface area (Å²) in [5, 5.41) is 5.22. The number of amides is 2. The minimum absolute atomic E-state index is 0.0558. The number of nitrogens with one attached hydrogen (secondary N) is 2. The fraction of sp³-hybridized carbons (Fsp3) is 0.500. The topological polar surface area (TPSA) is 58.2 Å². The number of hydrogen-bond acceptors (Lipinski definition) is 3. The molecule has 2 N–H and O–H groups in total. The highest BCUT2D eigenvalue weighted by molar-refractivity contribution is 7.99. The summed E-state index contributed by atoms with van der Waals surface area (Å²) < 4.78 is 0. The molecular weight excluding hydrogens is 284 g/mol. The molecule has 1 aromatic rings. The second kappa shape index (κ2) is 8.72. The first-order valence-corrected chi connectivity index (χ1v) is 8.18. The summed E-state index contributed by atoms with van der Waals surface area (Å²) in [5.74, 6) is 0.582. The van der Waals surface area contributed by atoms with Gasteiger partial charge < -0.3 is 10.6 Å². The number of carbonyl (C=O) groups excluding carboxylic acids is 2. The fourth-order valence-electron chi connectivity index (χ4n) is 1.83. The van der Waals surface area contributed by atoms with Crippen LogP contribution in [-0.4, -0.2) is 30.2 Å². The van der Waals surface area contributed by atoms with Crippen molar-refractivity contribution < 1.29 is 9.59 Å². The Balaban J connectivity index is 2.51. The van der Waals surface area contributed by atoms with Crippen LogP contribution in [0.4, 0.5) is 0 Å².